The summed E-state index contributed by atoms with van der Waals surface area (Å²) < 4.78 is 2.09. The van der Waals surface area contributed by atoms with Crippen LogP contribution in [-0.4, -0.2) is 66.1 Å². The first-order chi connectivity index (χ1) is 16.5. The first-order valence-corrected chi connectivity index (χ1v) is 12.3. The van der Waals surface area contributed by atoms with Gasteiger partial charge in [0.05, 0.1) is 40.8 Å². The van der Waals surface area contributed by atoms with Gasteiger partial charge in [-0.3, -0.25) is 14.8 Å². The van der Waals surface area contributed by atoms with E-state index in [0.29, 0.717) is 5.69 Å². The van der Waals surface area contributed by atoms with Crippen molar-refractivity contribution in [2.45, 2.75) is 19.9 Å². The lowest BCUT2D eigenvalue weighted by molar-refractivity contribution is -0.120. The van der Waals surface area contributed by atoms with Gasteiger partial charge >= 0.3 is 0 Å². The molecule has 1 unspecified atom stereocenters. The van der Waals surface area contributed by atoms with E-state index in [0.717, 1.165) is 65.4 Å². The molecule has 0 aliphatic carbocycles. The number of benzene rings is 1. The molecule has 2 N–H and O–H groups in total. The summed E-state index contributed by atoms with van der Waals surface area (Å²) in [5.74, 6) is -0.00929. The van der Waals surface area contributed by atoms with E-state index in [9.17, 15) is 4.79 Å². The number of nitrogens with zero attached hydrogens (tertiary/aromatic N) is 5. The number of likely N-dealkylation sites (N-methyl/N-ethyl adjacent to an activating group) is 1. The van der Waals surface area contributed by atoms with Crippen LogP contribution in [0.5, 0.6) is 0 Å². The molecular weight excluding hydrogens is 541 g/mol. The van der Waals surface area contributed by atoms with E-state index in [1.54, 1.807) is 12.5 Å². The number of pyridine rings is 2. The van der Waals surface area contributed by atoms with Crippen molar-refractivity contribution >= 4 is 45.4 Å². The maximum atomic E-state index is 13.0. The van der Waals surface area contributed by atoms with Gasteiger partial charge in [-0.15, -0.1) is 0 Å². The van der Waals surface area contributed by atoms with Crippen molar-refractivity contribution in [2.75, 3.05) is 31.5 Å². The molecule has 1 aromatic carbocycles. The molecule has 4 heterocycles. The zero-order valence-electron chi connectivity index (χ0n) is 19.1. The molecule has 9 heteroatoms. The highest BCUT2D eigenvalue weighted by atomic mass is 127. The summed E-state index contributed by atoms with van der Waals surface area (Å²) in [4.78, 5) is 32.3. The summed E-state index contributed by atoms with van der Waals surface area (Å²) in [5.41, 5.74) is 6.02. The molecule has 1 aliphatic rings. The predicted octanol–water partition coefficient (Wildman–Crippen LogP) is 4.29. The Morgan fingerprint density at radius 3 is 2.91 bits per heavy atom. The molecule has 5 rings (SSSR count). The monoisotopic (exact) mass is 567 g/mol. The molecule has 1 atom stereocenters. The number of H-pyrrole nitrogens is 1. The zero-order valence-corrected chi connectivity index (χ0v) is 21.3. The molecule has 1 saturated heterocycles. The summed E-state index contributed by atoms with van der Waals surface area (Å²) in [6.45, 7) is 7.63. The molecule has 0 saturated carbocycles. The second kappa shape index (κ2) is 9.77. The Morgan fingerprint density at radius 2 is 2.09 bits per heavy atom. The van der Waals surface area contributed by atoms with E-state index in [4.69, 9.17) is 0 Å². The van der Waals surface area contributed by atoms with Crippen LogP contribution in [0, 0.1) is 6.92 Å². The van der Waals surface area contributed by atoms with Crippen LogP contribution < -0.4 is 5.32 Å². The quantitative estimate of drug-likeness (QED) is 0.277. The number of hydrogen-bond donors (Lipinski definition) is 2. The number of aryl methyl sites for hydroxylation is 1. The predicted molar refractivity (Wildman–Crippen MR) is 143 cm³/mol. The Bertz CT molecular complexity index is 1340. The minimum atomic E-state index is -0.190. The first-order valence-electron chi connectivity index (χ1n) is 11.3. The van der Waals surface area contributed by atoms with Gasteiger partial charge in [-0.2, -0.15) is 0 Å². The Kier molecular flexibility index (Phi) is 6.57. The number of fused-ring (bicyclic) bond motifs is 1. The zero-order chi connectivity index (χ0) is 23.7. The number of imidazole rings is 1. The van der Waals surface area contributed by atoms with E-state index in [-0.39, 0.29) is 11.9 Å². The van der Waals surface area contributed by atoms with Crippen molar-refractivity contribution in [3.8, 4) is 22.6 Å². The van der Waals surface area contributed by atoms with Gasteiger partial charge in [0.25, 0.3) is 0 Å². The van der Waals surface area contributed by atoms with Crippen LogP contribution >= 0.6 is 22.9 Å². The van der Waals surface area contributed by atoms with Gasteiger partial charge in [-0.05, 0) is 43.8 Å². The number of anilines is 1. The van der Waals surface area contributed by atoms with E-state index < -0.39 is 0 Å². The largest absolute Gasteiger partial charge is 0.343 e. The van der Waals surface area contributed by atoms with Gasteiger partial charge in [-0.1, -0.05) is 19.1 Å². The Hall–Kier alpha value is -2.89. The van der Waals surface area contributed by atoms with Crippen LogP contribution in [0.25, 0.3) is 33.5 Å². The van der Waals surface area contributed by atoms with Gasteiger partial charge in [-0.25, -0.2) is 8.10 Å². The van der Waals surface area contributed by atoms with Crippen molar-refractivity contribution < 1.29 is 4.79 Å². The number of aromatic nitrogens is 4. The summed E-state index contributed by atoms with van der Waals surface area (Å²) in [6.07, 6.45) is 3.40. The number of aromatic amines is 1. The van der Waals surface area contributed by atoms with Crippen molar-refractivity contribution in [3.05, 3.63) is 60.7 Å². The molecule has 3 aromatic heterocycles. The van der Waals surface area contributed by atoms with E-state index in [1.165, 1.54) is 0 Å². The van der Waals surface area contributed by atoms with E-state index in [2.05, 4.69) is 69.1 Å². The smallest absolute Gasteiger partial charge is 0.243 e. The summed E-state index contributed by atoms with van der Waals surface area (Å²) in [5, 5.41) is 4.01. The van der Waals surface area contributed by atoms with Crippen LogP contribution in [0.2, 0.25) is 0 Å². The summed E-state index contributed by atoms with van der Waals surface area (Å²) in [6, 6.07) is 13.8. The van der Waals surface area contributed by atoms with Crippen LogP contribution in [0.4, 0.5) is 5.69 Å². The number of amides is 1. The lowest BCUT2D eigenvalue weighted by Gasteiger charge is -2.36. The van der Waals surface area contributed by atoms with Crippen LogP contribution in [-0.2, 0) is 4.79 Å². The van der Waals surface area contributed by atoms with Gasteiger partial charge in [0.2, 0.25) is 5.91 Å². The third-order valence-corrected chi connectivity index (χ3v) is 7.31. The highest BCUT2D eigenvalue weighted by molar-refractivity contribution is 14.1. The number of halogens is 1. The average molecular weight is 567 g/mol. The standard InChI is InChI=1S/C25H26IN7O/c1-3-32-9-10-33(26)22(14-32)25(34)31-19-12-18-11-17(7-8-20(18)27-13-19)23-24(29-15-28-23)21-6-4-5-16(2)30-21/h4-8,11-13,15,22H,3,9-10,14H2,1-2H3,(H,28,29)(H,31,34). The van der Waals surface area contributed by atoms with E-state index >= 15 is 0 Å². The Labute approximate surface area is 212 Å². The lowest BCUT2D eigenvalue weighted by Crippen LogP contribution is -2.53. The number of carbonyl (C=O) groups excluding carboxylic acids is 1. The maximum Gasteiger partial charge on any atom is 0.243 e. The normalized spacial score (nSPS) is 17.2. The number of piperazine rings is 1. The molecule has 174 valence electrons. The fourth-order valence-electron chi connectivity index (χ4n) is 4.28. The molecule has 0 spiro atoms. The SMILES string of the molecule is CCN1CCN(I)C(C(=O)Nc2cnc3ccc(-c4nc[nH]c4-c4cccc(C)n4)cc3c2)C1. The summed E-state index contributed by atoms with van der Waals surface area (Å²) in [7, 11) is 0. The van der Waals surface area contributed by atoms with Crippen LogP contribution in [0.15, 0.2) is 55.0 Å². The van der Waals surface area contributed by atoms with Crippen LogP contribution in [0.3, 0.4) is 0 Å². The minimum absolute atomic E-state index is 0.00929. The number of nitrogens with one attached hydrogen (secondary N) is 2. The van der Waals surface area contributed by atoms with E-state index in [1.807, 2.05) is 43.3 Å². The Balaban J connectivity index is 1.42. The topological polar surface area (TPSA) is 90.0 Å². The molecule has 34 heavy (non-hydrogen) atoms. The van der Waals surface area contributed by atoms with Crippen molar-refractivity contribution in [3.63, 3.8) is 0 Å². The van der Waals surface area contributed by atoms with Gasteiger partial charge in [0.15, 0.2) is 0 Å². The van der Waals surface area contributed by atoms with Crippen LogP contribution in [0.1, 0.15) is 12.6 Å². The third kappa shape index (κ3) is 4.68. The van der Waals surface area contributed by atoms with Crippen molar-refractivity contribution in [2.24, 2.45) is 0 Å². The number of hydrogen-bond acceptors (Lipinski definition) is 6. The third-order valence-electron chi connectivity index (χ3n) is 6.16. The molecule has 0 bridgehead atoms. The maximum absolute atomic E-state index is 13.0. The molecule has 1 amide bonds. The fraction of sp³-hybridized carbons (Fsp3) is 0.280. The molecule has 1 aliphatic heterocycles. The first kappa shape index (κ1) is 22.9. The fourth-order valence-corrected chi connectivity index (χ4v) is 4.92. The number of carbonyl (C=O) groups is 1. The van der Waals surface area contributed by atoms with Crippen molar-refractivity contribution in [1.29, 1.82) is 0 Å². The molecule has 0 radical (unpaired) electrons. The van der Waals surface area contributed by atoms with Gasteiger partial charge < -0.3 is 15.2 Å². The highest BCUT2D eigenvalue weighted by Gasteiger charge is 2.30. The Morgan fingerprint density at radius 1 is 1.21 bits per heavy atom. The molecule has 8 nitrogen and oxygen atoms in total. The lowest BCUT2D eigenvalue weighted by atomic mass is 10.0. The average Bonchev–Trinajstić information content (AvgIpc) is 3.34. The highest BCUT2D eigenvalue weighted by Crippen LogP contribution is 2.30. The summed E-state index contributed by atoms with van der Waals surface area (Å²) >= 11 is 2.25. The van der Waals surface area contributed by atoms with Crippen molar-refractivity contribution in [1.82, 2.24) is 27.9 Å². The second-order valence-corrected chi connectivity index (χ2v) is 9.68. The van der Waals surface area contributed by atoms with Gasteiger partial charge in [0.1, 0.15) is 6.04 Å². The molecule has 1 fully saturated rings. The second-order valence-electron chi connectivity index (χ2n) is 8.44. The van der Waals surface area contributed by atoms with Gasteiger partial charge in [0, 0.05) is 59.1 Å². The molecule has 4 aromatic rings. The minimum Gasteiger partial charge on any atom is -0.343 e. The molecular formula is C25H26IN7O. The number of rotatable bonds is 5.